The fourth-order valence-corrected chi connectivity index (χ4v) is 9.46. The number of ether oxygens (including phenoxy) is 4. The van der Waals surface area contributed by atoms with Crippen molar-refractivity contribution in [3.8, 4) is 17.2 Å². The predicted molar refractivity (Wildman–Crippen MR) is 221 cm³/mol. The lowest BCUT2D eigenvalue weighted by molar-refractivity contribution is -0.160. The van der Waals surface area contributed by atoms with Crippen molar-refractivity contribution in [3.63, 3.8) is 0 Å². The van der Waals surface area contributed by atoms with Crippen molar-refractivity contribution in [2.45, 2.75) is 105 Å². The summed E-state index contributed by atoms with van der Waals surface area (Å²) >= 11 is 1.27. The average Bonchev–Trinajstić information content (AvgIpc) is 3.76. The number of rotatable bonds is 3. The Kier molecular flexibility index (Phi) is 12.5. The Morgan fingerprint density at radius 1 is 0.983 bits per heavy atom. The number of esters is 1. The molecule has 0 unspecified atom stereocenters. The Bertz CT molecular complexity index is 2190. The van der Waals surface area contributed by atoms with E-state index >= 15 is 0 Å². The molecular weight excluding hydrogens is 767 g/mol. The van der Waals surface area contributed by atoms with Crippen molar-refractivity contribution < 1.29 is 53.8 Å². The summed E-state index contributed by atoms with van der Waals surface area (Å²) in [6, 6.07) is 0. The van der Waals surface area contributed by atoms with E-state index in [1.807, 2.05) is 0 Å². The molecule has 5 N–H and O–H groups in total. The number of aliphatic hydroxyl groups excluding tert-OH is 2. The summed E-state index contributed by atoms with van der Waals surface area (Å²) in [5.74, 6) is -6.70. The van der Waals surface area contributed by atoms with Crippen LogP contribution < -0.4 is 15.0 Å². The first-order valence-electron chi connectivity index (χ1n) is 19.8. The van der Waals surface area contributed by atoms with E-state index in [0.717, 1.165) is 32.4 Å². The number of thiazole rings is 1. The number of phenolic OH excluding ortho intramolecular Hbond substituents is 2. The van der Waals surface area contributed by atoms with Gasteiger partial charge in [-0.25, -0.2) is 4.98 Å². The van der Waals surface area contributed by atoms with Crippen molar-refractivity contribution in [1.29, 1.82) is 0 Å². The molecule has 6 rings (SSSR count). The van der Waals surface area contributed by atoms with Crippen molar-refractivity contribution in [3.05, 3.63) is 47.3 Å². The number of aromatic nitrogens is 1. The zero-order chi connectivity index (χ0) is 42.4. The zero-order valence-corrected chi connectivity index (χ0v) is 35.3. The van der Waals surface area contributed by atoms with Crippen LogP contribution in [-0.4, -0.2) is 93.5 Å². The van der Waals surface area contributed by atoms with Crippen LogP contribution in [-0.2, 0) is 23.8 Å². The molecule has 14 nitrogen and oxygen atoms in total. The van der Waals surface area contributed by atoms with Gasteiger partial charge in [0.2, 0.25) is 0 Å². The van der Waals surface area contributed by atoms with Gasteiger partial charge >= 0.3 is 11.8 Å². The summed E-state index contributed by atoms with van der Waals surface area (Å²) in [6.07, 6.45) is 7.03. The van der Waals surface area contributed by atoms with E-state index in [9.17, 15) is 34.8 Å². The Morgan fingerprint density at radius 3 is 2.33 bits per heavy atom. The maximum atomic E-state index is 14.6. The molecule has 314 valence electrons. The van der Waals surface area contributed by atoms with Crippen LogP contribution >= 0.6 is 11.3 Å². The topological polar surface area (TPSA) is 197 Å². The number of piperidine rings is 1. The summed E-state index contributed by atoms with van der Waals surface area (Å²) < 4.78 is 24.3. The second kappa shape index (κ2) is 16.9. The third-order valence-electron chi connectivity index (χ3n) is 12.0. The number of amides is 1. The number of ketones is 1. The van der Waals surface area contributed by atoms with Gasteiger partial charge < -0.3 is 49.6 Å². The van der Waals surface area contributed by atoms with Gasteiger partial charge in [0.1, 0.15) is 23.3 Å². The molecule has 3 aromatic rings. The first kappa shape index (κ1) is 42.9. The number of carbonyl (C=O) groups is 3. The van der Waals surface area contributed by atoms with Crippen LogP contribution in [0.15, 0.2) is 36.1 Å². The number of methoxy groups -OCH3 is 1. The van der Waals surface area contributed by atoms with Crippen LogP contribution in [0.5, 0.6) is 17.2 Å². The second-order valence-corrected chi connectivity index (χ2v) is 17.1. The molecular formula is C43H55N3O11S. The molecule has 4 bridgehead atoms. The minimum Gasteiger partial charge on any atom is -0.507 e. The predicted octanol–water partition coefficient (Wildman–Crippen LogP) is 6.65. The van der Waals surface area contributed by atoms with Crippen LogP contribution in [0.2, 0.25) is 0 Å². The van der Waals surface area contributed by atoms with Crippen molar-refractivity contribution in [1.82, 2.24) is 4.98 Å². The monoisotopic (exact) mass is 821 g/mol. The lowest BCUT2D eigenvalue weighted by atomic mass is 9.78. The summed E-state index contributed by atoms with van der Waals surface area (Å²) in [6.45, 7) is 14.4. The van der Waals surface area contributed by atoms with Gasteiger partial charge in [-0.1, -0.05) is 57.3 Å². The maximum Gasteiger partial charge on any atom is 0.312 e. The second-order valence-electron chi connectivity index (χ2n) is 16.1. The minimum atomic E-state index is -1.93. The number of nitrogens with one attached hydrogen (secondary N) is 1. The lowest BCUT2D eigenvalue weighted by Gasteiger charge is -2.38. The SMILES string of the molecule is CO[C@H]1/C=C/O[C@@]2(C)Oc3c(C)c(O)c4c(O)c(c5sc(N6CCCCC6)nc5c4c3C2=O)NC(=O)/C(C)=C\C=C\[C@@H](C)[C@H](O)[C@@H](C)[C@H](O)[C@H](C)[C@@H](OC(C)=O)[C@@H]1C. The highest BCUT2D eigenvalue weighted by atomic mass is 32.1. The van der Waals surface area contributed by atoms with Gasteiger partial charge in [0, 0.05) is 74.2 Å². The van der Waals surface area contributed by atoms with E-state index < -0.39 is 77.3 Å². The Balaban J connectivity index is 1.54. The van der Waals surface area contributed by atoms with Gasteiger partial charge in [-0.2, -0.15) is 0 Å². The van der Waals surface area contributed by atoms with Gasteiger partial charge in [-0.3, -0.25) is 14.4 Å². The highest BCUT2D eigenvalue weighted by Gasteiger charge is 2.50. The number of Topliss-reactive ketones (excluding diaryl/α,β-unsaturated/α-hetero) is 1. The molecule has 1 aromatic heterocycles. The number of nitrogens with zero attached hydrogens (tertiary/aromatic N) is 2. The largest absolute Gasteiger partial charge is 0.507 e. The quantitative estimate of drug-likeness (QED) is 0.139. The Hall–Kier alpha value is -4.70. The molecule has 3 aliphatic rings. The summed E-state index contributed by atoms with van der Waals surface area (Å²) in [4.78, 5) is 47.9. The number of carbonyl (C=O) groups excluding carboxylic acids is 3. The number of hydrogen-bond donors (Lipinski definition) is 5. The molecule has 2 aromatic carbocycles. The molecule has 1 amide bonds. The molecule has 0 spiro atoms. The molecule has 9 atom stereocenters. The lowest BCUT2D eigenvalue weighted by Crippen LogP contribution is -2.46. The first-order chi connectivity index (χ1) is 27.4. The number of fused-ring (bicyclic) bond motifs is 1. The van der Waals surface area contributed by atoms with Crippen LogP contribution in [0.3, 0.4) is 0 Å². The minimum absolute atomic E-state index is 0.0370. The average molecular weight is 822 g/mol. The zero-order valence-electron chi connectivity index (χ0n) is 34.5. The van der Waals surface area contributed by atoms with Crippen LogP contribution in [0.1, 0.15) is 83.7 Å². The van der Waals surface area contributed by atoms with Crippen molar-refractivity contribution >= 4 is 60.8 Å². The number of phenols is 2. The molecule has 58 heavy (non-hydrogen) atoms. The molecule has 0 aliphatic carbocycles. The van der Waals surface area contributed by atoms with E-state index in [-0.39, 0.29) is 44.7 Å². The third kappa shape index (κ3) is 7.76. The number of aromatic hydroxyl groups is 2. The van der Waals surface area contributed by atoms with E-state index in [1.54, 1.807) is 65.8 Å². The van der Waals surface area contributed by atoms with E-state index in [2.05, 4.69) is 10.2 Å². The van der Waals surface area contributed by atoms with Crippen LogP contribution in [0.4, 0.5) is 10.8 Å². The highest BCUT2D eigenvalue weighted by molar-refractivity contribution is 7.23. The van der Waals surface area contributed by atoms with Crippen molar-refractivity contribution in [2.24, 2.45) is 23.7 Å². The number of benzene rings is 2. The molecule has 0 saturated carbocycles. The number of anilines is 2. The maximum absolute atomic E-state index is 14.6. The smallest absolute Gasteiger partial charge is 0.312 e. The van der Waals surface area contributed by atoms with Gasteiger partial charge in [0.05, 0.1) is 45.7 Å². The van der Waals surface area contributed by atoms with Gasteiger partial charge in [0.25, 0.3) is 11.7 Å². The molecule has 4 heterocycles. The molecule has 15 heteroatoms. The van der Waals surface area contributed by atoms with Gasteiger partial charge in [0.15, 0.2) is 10.9 Å². The van der Waals surface area contributed by atoms with E-state index in [4.69, 9.17) is 23.9 Å². The fraction of sp³-hybridized carbons (Fsp3) is 0.535. The summed E-state index contributed by atoms with van der Waals surface area (Å²) in [7, 11) is 1.47. The van der Waals surface area contributed by atoms with E-state index in [1.165, 1.54) is 38.6 Å². The van der Waals surface area contributed by atoms with Crippen LogP contribution in [0.25, 0.3) is 21.0 Å². The first-order valence-corrected chi connectivity index (χ1v) is 20.6. The summed E-state index contributed by atoms with van der Waals surface area (Å²) in [5, 5.41) is 50.2. The Labute approximate surface area is 342 Å². The number of hydrogen-bond acceptors (Lipinski definition) is 14. The Morgan fingerprint density at radius 2 is 1.67 bits per heavy atom. The van der Waals surface area contributed by atoms with Gasteiger partial charge in [-0.15, -0.1) is 0 Å². The fourth-order valence-electron chi connectivity index (χ4n) is 8.33. The van der Waals surface area contributed by atoms with Gasteiger partial charge in [-0.05, 0) is 39.2 Å². The molecule has 1 saturated heterocycles. The molecule has 0 radical (unpaired) electrons. The van der Waals surface area contributed by atoms with Crippen LogP contribution in [0, 0.1) is 30.6 Å². The molecule has 3 aliphatic heterocycles. The number of aliphatic hydroxyl groups is 2. The highest BCUT2D eigenvalue weighted by Crippen LogP contribution is 2.55. The standard InChI is InChI=1S/C43H55N3O11S/c1-20-14-13-15-21(2)41(53)44-32-36(51)29-28(31-39(32)58-42(45-31)46-17-11-10-12-18-46)30-38(25(6)35(29)50)57-43(8,40(30)52)55-19-16-27(54-9)22(3)37(56-26(7)47)24(5)34(49)23(4)33(20)48/h13-16,19-20,22-24,27,33-34,37,48-51H,10-12,17-18H2,1-9H3,(H,44,53)/b14-13+,19-16+,21-15-/t20-,22-,23-,24+,27+,33+,34+,37+,43+/m1/s1. The summed E-state index contributed by atoms with van der Waals surface area (Å²) in [5.41, 5.74) is 0.835. The third-order valence-corrected chi connectivity index (χ3v) is 13.1. The number of allylic oxidation sites excluding steroid dienone is 2. The van der Waals surface area contributed by atoms with E-state index in [0.29, 0.717) is 15.3 Å². The molecule has 1 fully saturated rings. The van der Waals surface area contributed by atoms with Crippen molar-refractivity contribution in [2.75, 3.05) is 30.4 Å². The normalized spacial score (nSPS) is 32.1.